The molecule has 4 nitrogen and oxygen atoms in total. The number of amides is 1. The predicted molar refractivity (Wildman–Crippen MR) is 87.3 cm³/mol. The SMILES string of the molecule is CC(C)c1ccc(OCC(=O)NC2CCNCC2)cc1.Cl. The summed E-state index contributed by atoms with van der Waals surface area (Å²) in [6.45, 7) is 6.35. The number of piperidine rings is 1. The zero-order valence-corrected chi connectivity index (χ0v) is 13.5. The van der Waals surface area contributed by atoms with Crippen LogP contribution in [0.2, 0.25) is 0 Å². The molecule has 1 amide bonds. The van der Waals surface area contributed by atoms with Crippen molar-refractivity contribution in [2.75, 3.05) is 19.7 Å². The van der Waals surface area contributed by atoms with Gasteiger partial charge in [-0.25, -0.2) is 0 Å². The molecule has 0 aliphatic carbocycles. The molecule has 5 heteroatoms. The number of hydrogen-bond acceptors (Lipinski definition) is 3. The van der Waals surface area contributed by atoms with Crippen LogP contribution in [0, 0.1) is 0 Å². The summed E-state index contributed by atoms with van der Waals surface area (Å²) in [4.78, 5) is 11.8. The second-order valence-corrected chi connectivity index (χ2v) is 5.60. The van der Waals surface area contributed by atoms with Gasteiger partial charge in [-0.05, 0) is 49.5 Å². The van der Waals surface area contributed by atoms with Crippen molar-refractivity contribution in [3.05, 3.63) is 29.8 Å². The molecule has 1 heterocycles. The summed E-state index contributed by atoms with van der Waals surface area (Å²) in [6.07, 6.45) is 1.99. The Morgan fingerprint density at radius 1 is 1.29 bits per heavy atom. The van der Waals surface area contributed by atoms with E-state index in [9.17, 15) is 4.79 Å². The zero-order valence-electron chi connectivity index (χ0n) is 12.7. The first-order chi connectivity index (χ1) is 9.65. The number of halogens is 1. The van der Waals surface area contributed by atoms with Gasteiger partial charge in [0.05, 0.1) is 0 Å². The van der Waals surface area contributed by atoms with Gasteiger partial charge in [0.25, 0.3) is 5.91 Å². The third-order valence-electron chi connectivity index (χ3n) is 3.62. The van der Waals surface area contributed by atoms with E-state index < -0.39 is 0 Å². The molecule has 0 atom stereocenters. The van der Waals surface area contributed by atoms with Crippen LogP contribution < -0.4 is 15.4 Å². The molecular weight excluding hydrogens is 288 g/mol. The number of hydrogen-bond donors (Lipinski definition) is 2. The van der Waals surface area contributed by atoms with Crippen molar-refractivity contribution >= 4 is 18.3 Å². The number of benzene rings is 1. The van der Waals surface area contributed by atoms with Gasteiger partial charge in [0.2, 0.25) is 0 Å². The Balaban J connectivity index is 0.00000220. The fourth-order valence-corrected chi connectivity index (χ4v) is 2.33. The molecule has 2 N–H and O–H groups in total. The summed E-state index contributed by atoms with van der Waals surface area (Å²) in [7, 11) is 0. The number of rotatable bonds is 5. The lowest BCUT2D eigenvalue weighted by atomic mass is 10.0. The number of nitrogens with one attached hydrogen (secondary N) is 2. The van der Waals surface area contributed by atoms with Crippen LogP contribution in [0.4, 0.5) is 0 Å². The second kappa shape index (κ2) is 8.90. The molecule has 0 saturated carbocycles. The van der Waals surface area contributed by atoms with Gasteiger partial charge in [-0.1, -0.05) is 26.0 Å². The Kier molecular flexibility index (Phi) is 7.54. The average molecular weight is 313 g/mol. The Hall–Kier alpha value is -1.26. The standard InChI is InChI=1S/C16H24N2O2.ClH/c1-12(2)13-3-5-15(6-4-13)20-11-16(19)18-14-7-9-17-10-8-14;/h3-6,12,14,17H,7-11H2,1-2H3,(H,18,19);1H. The normalized spacial score (nSPS) is 15.4. The van der Waals surface area contributed by atoms with E-state index in [1.807, 2.05) is 24.3 Å². The van der Waals surface area contributed by atoms with E-state index in [2.05, 4.69) is 24.5 Å². The molecule has 118 valence electrons. The highest BCUT2D eigenvalue weighted by Gasteiger charge is 2.15. The van der Waals surface area contributed by atoms with Crippen LogP contribution in [0.1, 0.15) is 38.2 Å². The first kappa shape index (κ1) is 17.8. The Labute approximate surface area is 133 Å². The van der Waals surface area contributed by atoms with E-state index in [-0.39, 0.29) is 31.0 Å². The number of carbonyl (C=O) groups excluding carboxylic acids is 1. The summed E-state index contributed by atoms with van der Waals surface area (Å²) in [6, 6.07) is 8.23. The molecule has 0 spiro atoms. The van der Waals surface area contributed by atoms with E-state index in [0.717, 1.165) is 31.7 Å². The van der Waals surface area contributed by atoms with Crippen LogP contribution in [0.25, 0.3) is 0 Å². The molecule has 2 rings (SSSR count). The maximum absolute atomic E-state index is 11.8. The predicted octanol–water partition coefficient (Wildman–Crippen LogP) is 2.48. The van der Waals surface area contributed by atoms with E-state index in [0.29, 0.717) is 5.92 Å². The minimum absolute atomic E-state index is 0. The topological polar surface area (TPSA) is 50.4 Å². The van der Waals surface area contributed by atoms with Gasteiger partial charge in [0.1, 0.15) is 5.75 Å². The third kappa shape index (κ3) is 5.94. The molecule has 0 bridgehead atoms. The van der Waals surface area contributed by atoms with Gasteiger partial charge in [-0.3, -0.25) is 4.79 Å². The summed E-state index contributed by atoms with van der Waals surface area (Å²) < 4.78 is 5.52. The molecular formula is C16H25ClN2O2. The first-order valence-electron chi connectivity index (χ1n) is 7.38. The molecule has 1 aliphatic heterocycles. The quantitative estimate of drug-likeness (QED) is 0.878. The second-order valence-electron chi connectivity index (χ2n) is 5.60. The summed E-state index contributed by atoms with van der Waals surface area (Å²) in [5.41, 5.74) is 1.27. The average Bonchev–Trinajstić information content (AvgIpc) is 2.46. The maximum atomic E-state index is 11.8. The van der Waals surface area contributed by atoms with E-state index in [1.165, 1.54) is 5.56 Å². The molecule has 1 aromatic rings. The minimum atomic E-state index is -0.0372. The summed E-state index contributed by atoms with van der Waals surface area (Å²) >= 11 is 0. The van der Waals surface area contributed by atoms with Crippen molar-refractivity contribution in [1.82, 2.24) is 10.6 Å². The summed E-state index contributed by atoms with van der Waals surface area (Å²) in [5, 5.41) is 6.29. The smallest absolute Gasteiger partial charge is 0.258 e. The van der Waals surface area contributed by atoms with E-state index in [1.54, 1.807) is 0 Å². The number of ether oxygens (including phenoxy) is 1. The highest BCUT2D eigenvalue weighted by Crippen LogP contribution is 2.18. The van der Waals surface area contributed by atoms with Gasteiger partial charge >= 0.3 is 0 Å². The van der Waals surface area contributed by atoms with Crippen molar-refractivity contribution in [1.29, 1.82) is 0 Å². The fourth-order valence-electron chi connectivity index (χ4n) is 2.33. The molecule has 0 aromatic heterocycles. The van der Waals surface area contributed by atoms with Gasteiger partial charge in [0.15, 0.2) is 6.61 Å². The monoisotopic (exact) mass is 312 g/mol. The molecule has 1 fully saturated rings. The van der Waals surface area contributed by atoms with Crippen LogP contribution in [0.5, 0.6) is 5.75 Å². The third-order valence-corrected chi connectivity index (χ3v) is 3.62. The maximum Gasteiger partial charge on any atom is 0.258 e. The van der Waals surface area contributed by atoms with Crippen LogP contribution >= 0.6 is 12.4 Å². The molecule has 0 radical (unpaired) electrons. The minimum Gasteiger partial charge on any atom is -0.484 e. The van der Waals surface area contributed by atoms with Crippen LogP contribution in [0.3, 0.4) is 0 Å². The highest BCUT2D eigenvalue weighted by atomic mass is 35.5. The van der Waals surface area contributed by atoms with Gasteiger partial charge in [0, 0.05) is 6.04 Å². The molecule has 1 aliphatic rings. The van der Waals surface area contributed by atoms with Crippen molar-refractivity contribution in [2.45, 2.75) is 38.6 Å². The summed E-state index contributed by atoms with van der Waals surface area (Å²) in [5.74, 6) is 1.21. The zero-order chi connectivity index (χ0) is 14.4. The van der Waals surface area contributed by atoms with Crippen LogP contribution in [-0.2, 0) is 4.79 Å². The van der Waals surface area contributed by atoms with E-state index in [4.69, 9.17) is 4.74 Å². The van der Waals surface area contributed by atoms with Crippen LogP contribution in [-0.4, -0.2) is 31.6 Å². The Morgan fingerprint density at radius 2 is 1.90 bits per heavy atom. The van der Waals surface area contributed by atoms with Crippen molar-refractivity contribution in [3.8, 4) is 5.75 Å². The fraction of sp³-hybridized carbons (Fsp3) is 0.562. The lowest BCUT2D eigenvalue weighted by Gasteiger charge is -2.23. The first-order valence-corrected chi connectivity index (χ1v) is 7.38. The Bertz CT molecular complexity index is 428. The van der Waals surface area contributed by atoms with Gasteiger partial charge in [-0.2, -0.15) is 0 Å². The van der Waals surface area contributed by atoms with Gasteiger partial charge < -0.3 is 15.4 Å². The van der Waals surface area contributed by atoms with Crippen molar-refractivity contribution < 1.29 is 9.53 Å². The lowest BCUT2D eigenvalue weighted by Crippen LogP contribution is -2.44. The number of carbonyl (C=O) groups is 1. The molecule has 0 unspecified atom stereocenters. The Morgan fingerprint density at radius 3 is 2.48 bits per heavy atom. The molecule has 1 aromatic carbocycles. The highest BCUT2D eigenvalue weighted by molar-refractivity contribution is 5.85. The van der Waals surface area contributed by atoms with Gasteiger partial charge in [-0.15, -0.1) is 12.4 Å². The van der Waals surface area contributed by atoms with Crippen LogP contribution in [0.15, 0.2) is 24.3 Å². The lowest BCUT2D eigenvalue weighted by molar-refractivity contribution is -0.123. The molecule has 21 heavy (non-hydrogen) atoms. The van der Waals surface area contributed by atoms with Crippen molar-refractivity contribution in [3.63, 3.8) is 0 Å². The van der Waals surface area contributed by atoms with E-state index >= 15 is 0 Å². The van der Waals surface area contributed by atoms with Crippen molar-refractivity contribution in [2.24, 2.45) is 0 Å². The largest absolute Gasteiger partial charge is 0.484 e. The molecule has 1 saturated heterocycles.